The van der Waals surface area contributed by atoms with E-state index in [1.807, 2.05) is 66.9 Å². The Balaban J connectivity index is 1.57. The maximum atomic E-state index is 12.8. The smallest absolute Gasteiger partial charge is 0.407 e. The molecule has 0 bridgehead atoms. The molecule has 1 N–H and O–H groups in total. The molecule has 1 saturated carbocycles. The van der Waals surface area contributed by atoms with Crippen molar-refractivity contribution in [1.82, 2.24) is 20.0 Å². The second kappa shape index (κ2) is 9.22. The van der Waals surface area contributed by atoms with Gasteiger partial charge in [0.2, 0.25) is 0 Å². The molecule has 0 aliphatic heterocycles. The summed E-state index contributed by atoms with van der Waals surface area (Å²) in [6.07, 6.45) is 5.31. The number of alkyl carbamates (subject to hydrolysis) is 1. The summed E-state index contributed by atoms with van der Waals surface area (Å²) in [5, 5.41) is 7.08. The van der Waals surface area contributed by atoms with E-state index in [0.29, 0.717) is 31.2 Å². The van der Waals surface area contributed by atoms with Crippen molar-refractivity contribution < 1.29 is 14.3 Å². The number of amides is 1. The van der Waals surface area contributed by atoms with Crippen LogP contribution in [0.25, 0.3) is 0 Å². The zero-order valence-electron chi connectivity index (χ0n) is 17.4. The van der Waals surface area contributed by atoms with Gasteiger partial charge in [-0.25, -0.2) is 4.79 Å². The summed E-state index contributed by atoms with van der Waals surface area (Å²) in [7, 11) is 0. The number of ketones is 1. The summed E-state index contributed by atoms with van der Waals surface area (Å²) >= 11 is 0. The average molecular weight is 399 g/mol. The molecule has 156 valence electrons. The Hall–Kier alpha value is -2.67. The molecule has 0 spiro atoms. The van der Waals surface area contributed by atoms with E-state index < -0.39 is 11.7 Å². The highest BCUT2D eigenvalue weighted by molar-refractivity contribution is 5.97. The average Bonchev–Trinajstić information content (AvgIpc) is 3.37. The summed E-state index contributed by atoms with van der Waals surface area (Å²) in [6, 6.07) is 10.4. The lowest BCUT2D eigenvalue weighted by molar-refractivity contribution is 0.0522. The standard InChI is InChI=1S/C22H30N4O3/c1-22(2,3)29-21(28)23-11-12-25(14-17-7-5-4-6-8-17)16-20(27)18-13-24-26(15-18)19-9-10-19/h4-8,13,15,19H,9-12,14,16H2,1-3H3,(H,23,28). The molecule has 0 radical (unpaired) electrons. The van der Waals surface area contributed by atoms with Crippen molar-refractivity contribution in [3.8, 4) is 0 Å². The third-order valence-electron chi connectivity index (χ3n) is 4.56. The van der Waals surface area contributed by atoms with Gasteiger partial charge in [0.15, 0.2) is 5.78 Å². The second-order valence-electron chi connectivity index (χ2n) is 8.49. The van der Waals surface area contributed by atoms with Crippen LogP contribution >= 0.6 is 0 Å². The Labute approximate surface area is 172 Å². The lowest BCUT2D eigenvalue weighted by atomic mass is 10.2. The fraction of sp³-hybridized carbons (Fsp3) is 0.500. The summed E-state index contributed by atoms with van der Waals surface area (Å²) in [4.78, 5) is 26.7. The molecule has 1 fully saturated rings. The Kier molecular flexibility index (Phi) is 6.69. The lowest BCUT2D eigenvalue weighted by Gasteiger charge is -2.23. The molecule has 0 unspecified atom stereocenters. The molecule has 1 aliphatic rings. The molecule has 0 saturated heterocycles. The third-order valence-corrected chi connectivity index (χ3v) is 4.56. The van der Waals surface area contributed by atoms with Gasteiger partial charge in [0.1, 0.15) is 5.60 Å². The van der Waals surface area contributed by atoms with Crippen LogP contribution in [0.1, 0.15) is 55.6 Å². The predicted octanol–water partition coefficient (Wildman–Crippen LogP) is 3.43. The first-order chi connectivity index (χ1) is 13.8. The van der Waals surface area contributed by atoms with Gasteiger partial charge < -0.3 is 10.1 Å². The van der Waals surface area contributed by atoms with Crippen molar-refractivity contribution >= 4 is 11.9 Å². The van der Waals surface area contributed by atoms with E-state index in [1.54, 1.807) is 6.20 Å². The van der Waals surface area contributed by atoms with Crippen LogP contribution in [-0.2, 0) is 11.3 Å². The number of carbonyl (C=O) groups is 2. The molecular weight excluding hydrogens is 368 g/mol. The van der Waals surface area contributed by atoms with Crippen LogP contribution in [-0.4, -0.2) is 51.8 Å². The van der Waals surface area contributed by atoms with Crippen molar-refractivity contribution in [3.63, 3.8) is 0 Å². The lowest BCUT2D eigenvalue weighted by Crippen LogP contribution is -2.39. The Morgan fingerprint density at radius 3 is 2.62 bits per heavy atom. The maximum absolute atomic E-state index is 12.8. The van der Waals surface area contributed by atoms with Crippen molar-refractivity contribution in [2.45, 2.75) is 51.8 Å². The minimum Gasteiger partial charge on any atom is -0.444 e. The van der Waals surface area contributed by atoms with Crippen molar-refractivity contribution in [2.24, 2.45) is 0 Å². The predicted molar refractivity (Wildman–Crippen MR) is 111 cm³/mol. The topological polar surface area (TPSA) is 76.5 Å². The summed E-state index contributed by atoms with van der Waals surface area (Å²) in [5.74, 6) is 0.0325. The van der Waals surface area contributed by atoms with Crippen molar-refractivity contribution in [2.75, 3.05) is 19.6 Å². The largest absolute Gasteiger partial charge is 0.444 e. The first-order valence-corrected chi connectivity index (χ1v) is 10.1. The maximum Gasteiger partial charge on any atom is 0.407 e. The number of rotatable bonds is 9. The first-order valence-electron chi connectivity index (χ1n) is 10.1. The van der Waals surface area contributed by atoms with Gasteiger partial charge >= 0.3 is 6.09 Å². The number of nitrogens with zero attached hydrogens (tertiary/aromatic N) is 3. The molecule has 1 aliphatic carbocycles. The molecule has 7 nitrogen and oxygen atoms in total. The third kappa shape index (κ3) is 7.02. The van der Waals surface area contributed by atoms with Gasteiger partial charge in [0.25, 0.3) is 0 Å². The zero-order chi connectivity index (χ0) is 20.9. The SMILES string of the molecule is CC(C)(C)OC(=O)NCCN(CC(=O)c1cnn(C2CC2)c1)Cc1ccccc1. The van der Waals surface area contributed by atoms with Crippen LogP contribution in [0.15, 0.2) is 42.7 Å². The molecule has 0 atom stereocenters. The molecule has 7 heteroatoms. The molecule has 1 heterocycles. The molecule has 1 aromatic carbocycles. The highest BCUT2D eigenvalue weighted by Gasteiger charge is 2.25. The summed E-state index contributed by atoms with van der Waals surface area (Å²) in [5.41, 5.74) is 1.21. The normalized spacial score (nSPS) is 14.1. The van der Waals surface area contributed by atoms with Crippen LogP contribution in [0, 0.1) is 0 Å². The van der Waals surface area contributed by atoms with E-state index in [9.17, 15) is 9.59 Å². The first kappa shape index (κ1) is 21.0. The van der Waals surface area contributed by atoms with Crippen LogP contribution in [0.5, 0.6) is 0 Å². The number of ether oxygens (including phenoxy) is 1. The van der Waals surface area contributed by atoms with Gasteiger partial charge in [-0.15, -0.1) is 0 Å². The summed E-state index contributed by atoms with van der Waals surface area (Å²) in [6.45, 7) is 7.31. The number of aromatic nitrogens is 2. The number of hydrogen-bond acceptors (Lipinski definition) is 5. The van der Waals surface area contributed by atoms with Crippen LogP contribution in [0.3, 0.4) is 0 Å². The number of nitrogens with one attached hydrogen (secondary N) is 1. The molecule has 29 heavy (non-hydrogen) atoms. The summed E-state index contributed by atoms with van der Waals surface area (Å²) < 4.78 is 7.16. The van der Waals surface area contributed by atoms with Gasteiger partial charge in [-0.2, -0.15) is 5.10 Å². The van der Waals surface area contributed by atoms with Gasteiger partial charge in [0.05, 0.1) is 24.3 Å². The molecule has 1 aromatic heterocycles. The van der Waals surface area contributed by atoms with E-state index in [1.165, 1.54) is 0 Å². The number of hydrogen-bond donors (Lipinski definition) is 1. The highest BCUT2D eigenvalue weighted by atomic mass is 16.6. The Morgan fingerprint density at radius 2 is 1.97 bits per heavy atom. The van der Waals surface area contributed by atoms with E-state index in [4.69, 9.17) is 4.74 Å². The van der Waals surface area contributed by atoms with Gasteiger partial charge in [0, 0.05) is 25.8 Å². The van der Waals surface area contributed by atoms with Gasteiger partial charge in [-0.3, -0.25) is 14.4 Å². The Morgan fingerprint density at radius 1 is 1.24 bits per heavy atom. The minimum absolute atomic E-state index is 0.0325. The van der Waals surface area contributed by atoms with E-state index in [-0.39, 0.29) is 12.3 Å². The van der Waals surface area contributed by atoms with E-state index in [2.05, 4.69) is 10.4 Å². The van der Waals surface area contributed by atoms with E-state index >= 15 is 0 Å². The second-order valence-corrected chi connectivity index (χ2v) is 8.49. The molecule has 1 amide bonds. The molecular formula is C22H30N4O3. The number of benzene rings is 1. The quantitative estimate of drug-likeness (QED) is 0.655. The highest BCUT2D eigenvalue weighted by Crippen LogP contribution is 2.34. The fourth-order valence-corrected chi connectivity index (χ4v) is 3.00. The number of carbonyl (C=O) groups excluding carboxylic acids is 2. The van der Waals surface area contributed by atoms with Crippen LogP contribution < -0.4 is 5.32 Å². The van der Waals surface area contributed by atoms with E-state index in [0.717, 1.165) is 18.4 Å². The minimum atomic E-state index is -0.536. The monoisotopic (exact) mass is 398 g/mol. The number of Topliss-reactive ketones (excluding diaryl/α,β-unsaturated/α-hetero) is 1. The van der Waals surface area contributed by atoms with Gasteiger partial charge in [-0.05, 0) is 39.2 Å². The molecule has 2 aromatic rings. The zero-order valence-corrected chi connectivity index (χ0v) is 17.4. The fourth-order valence-electron chi connectivity index (χ4n) is 3.00. The molecule has 3 rings (SSSR count). The van der Waals surface area contributed by atoms with Gasteiger partial charge in [-0.1, -0.05) is 30.3 Å². The van der Waals surface area contributed by atoms with Crippen molar-refractivity contribution in [1.29, 1.82) is 0 Å². The van der Waals surface area contributed by atoms with Crippen LogP contribution in [0.4, 0.5) is 4.79 Å². The van der Waals surface area contributed by atoms with Crippen molar-refractivity contribution in [3.05, 3.63) is 53.9 Å². The van der Waals surface area contributed by atoms with Crippen LogP contribution in [0.2, 0.25) is 0 Å². The Bertz CT molecular complexity index is 822.